The number of aromatic nitrogens is 4. The number of para-hydroxylation sites is 2. The van der Waals surface area contributed by atoms with Crippen molar-refractivity contribution in [1.29, 1.82) is 0 Å². The van der Waals surface area contributed by atoms with E-state index in [1.54, 1.807) is 0 Å². The number of furan rings is 1. The van der Waals surface area contributed by atoms with E-state index in [-0.39, 0.29) is 0 Å². The van der Waals surface area contributed by atoms with E-state index in [9.17, 15) is 0 Å². The maximum absolute atomic E-state index is 6.54. The van der Waals surface area contributed by atoms with Crippen LogP contribution < -0.4 is 0 Å². The summed E-state index contributed by atoms with van der Waals surface area (Å²) in [7, 11) is 0. The molecular formula is C51H32N4O. The van der Waals surface area contributed by atoms with Crippen molar-refractivity contribution in [2.45, 2.75) is 0 Å². The third-order valence-electron chi connectivity index (χ3n) is 10.7. The molecule has 0 N–H and O–H groups in total. The largest absolute Gasteiger partial charge is 0.456 e. The van der Waals surface area contributed by atoms with E-state index in [2.05, 4.69) is 150 Å². The summed E-state index contributed by atoms with van der Waals surface area (Å²) in [4.78, 5) is 15.6. The third kappa shape index (κ3) is 5.29. The SMILES string of the molecule is c1ccc(-c2ccc(-c3nc(-c4ccccc4)nc(-c4ccc5c(c4)oc4cccc(-c6ccccc6)c45)n3)c(-n3c4ccccc4c4ccccc43)c2)cc1. The summed E-state index contributed by atoms with van der Waals surface area (Å²) in [5, 5.41) is 4.52. The average Bonchev–Trinajstić information content (AvgIpc) is 3.82. The second-order valence-electron chi connectivity index (χ2n) is 14.0. The Morgan fingerprint density at radius 2 is 0.911 bits per heavy atom. The van der Waals surface area contributed by atoms with Gasteiger partial charge in [0.2, 0.25) is 0 Å². The van der Waals surface area contributed by atoms with Gasteiger partial charge in [-0.2, -0.15) is 0 Å². The lowest BCUT2D eigenvalue weighted by Gasteiger charge is -2.16. The average molecular weight is 717 g/mol. The molecule has 0 amide bonds. The molecule has 0 spiro atoms. The quantitative estimate of drug-likeness (QED) is 0.172. The first-order valence-corrected chi connectivity index (χ1v) is 18.8. The van der Waals surface area contributed by atoms with E-state index in [0.29, 0.717) is 17.5 Å². The molecule has 3 aromatic heterocycles. The molecule has 0 fully saturated rings. The Kier molecular flexibility index (Phi) is 7.42. The summed E-state index contributed by atoms with van der Waals surface area (Å²) in [6.45, 7) is 0. The fraction of sp³-hybridized carbons (Fsp3) is 0. The molecule has 0 saturated heterocycles. The number of fused-ring (bicyclic) bond motifs is 6. The number of nitrogens with zero attached hydrogens (tertiary/aromatic N) is 4. The maximum Gasteiger partial charge on any atom is 0.166 e. The van der Waals surface area contributed by atoms with E-state index >= 15 is 0 Å². The normalized spacial score (nSPS) is 11.6. The second kappa shape index (κ2) is 13.0. The fourth-order valence-corrected chi connectivity index (χ4v) is 8.06. The van der Waals surface area contributed by atoms with Crippen molar-refractivity contribution in [3.8, 4) is 62.1 Å². The molecule has 0 atom stereocenters. The standard InChI is InChI=1S/C51H32N4O/c1-4-15-33(16-5-1)36-27-29-41(45(31-36)55-43-24-12-10-21-39(43)40-22-11-13-25-44(40)55)51-53-49(35-19-8-3-9-20-35)52-50(54-51)37-28-30-42-47(32-37)56-46-26-14-23-38(48(42)46)34-17-6-2-7-18-34/h1-32H. The van der Waals surface area contributed by atoms with Gasteiger partial charge in [-0.1, -0.05) is 152 Å². The van der Waals surface area contributed by atoms with Crippen molar-refractivity contribution >= 4 is 43.7 Å². The summed E-state index contributed by atoms with van der Waals surface area (Å²) < 4.78 is 8.89. The van der Waals surface area contributed by atoms with Crippen molar-refractivity contribution in [3.05, 3.63) is 194 Å². The van der Waals surface area contributed by atoms with Crippen molar-refractivity contribution in [2.75, 3.05) is 0 Å². The van der Waals surface area contributed by atoms with Crippen molar-refractivity contribution in [2.24, 2.45) is 0 Å². The summed E-state index contributed by atoms with van der Waals surface area (Å²) in [5.74, 6) is 1.75. The van der Waals surface area contributed by atoms with Crippen LogP contribution in [0.1, 0.15) is 0 Å². The summed E-state index contributed by atoms with van der Waals surface area (Å²) in [6, 6.07) is 67.4. The molecule has 3 heterocycles. The topological polar surface area (TPSA) is 56.7 Å². The van der Waals surface area contributed by atoms with E-state index in [1.807, 2.05) is 48.5 Å². The van der Waals surface area contributed by atoms with Gasteiger partial charge in [-0.15, -0.1) is 0 Å². The van der Waals surface area contributed by atoms with Gasteiger partial charge in [0.05, 0.1) is 16.7 Å². The zero-order chi connectivity index (χ0) is 37.0. The van der Waals surface area contributed by atoms with E-state index < -0.39 is 0 Å². The molecule has 0 bridgehead atoms. The van der Waals surface area contributed by atoms with Crippen LogP contribution in [-0.4, -0.2) is 19.5 Å². The number of hydrogen-bond acceptors (Lipinski definition) is 4. The second-order valence-corrected chi connectivity index (χ2v) is 14.0. The predicted octanol–water partition coefficient (Wildman–Crippen LogP) is 13.2. The Bertz CT molecular complexity index is 3190. The lowest BCUT2D eigenvalue weighted by atomic mass is 9.99. The van der Waals surface area contributed by atoms with Crippen LogP contribution in [0.15, 0.2) is 199 Å². The molecule has 8 aromatic carbocycles. The molecule has 0 saturated carbocycles. The highest BCUT2D eigenvalue weighted by Gasteiger charge is 2.21. The molecule has 0 aliphatic carbocycles. The summed E-state index contributed by atoms with van der Waals surface area (Å²) in [5.41, 5.74) is 12.0. The smallest absolute Gasteiger partial charge is 0.166 e. The summed E-state index contributed by atoms with van der Waals surface area (Å²) in [6.07, 6.45) is 0. The Hall–Kier alpha value is -7.63. The third-order valence-corrected chi connectivity index (χ3v) is 10.7. The maximum atomic E-state index is 6.54. The predicted molar refractivity (Wildman–Crippen MR) is 229 cm³/mol. The first kappa shape index (κ1) is 31.9. The van der Waals surface area contributed by atoms with Crippen LogP contribution in [0.4, 0.5) is 0 Å². The van der Waals surface area contributed by atoms with Crippen LogP contribution in [0.25, 0.3) is 106 Å². The van der Waals surface area contributed by atoms with E-state index in [0.717, 1.165) is 77.6 Å². The van der Waals surface area contributed by atoms with Crippen molar-refractivity contribution in [1.82, 2.24) is 19.5 Å². The fourth-order valence-electron chi connectivity index (χ4n) is 8.06. The van der Waals surface area contributed by atoms with E-state index in [4.69, 9.17) is 19.4 Å². The number of rotatable bonds is 6. The van der Waals surface area contributed by atoms with Gasteiger partial charge in [-0.05, 0) is 64.7 Å². The molecule has 0 unspecified atom stereocenters. The van der Waals surface area contributed by atoms with Gasteiger partial charge in [0.15, 0.2) is 17.5 Å². The zero-order valence-electron chi connectivity index (χ0n) is 30.2. The van der Waals surface area contributed by atoms with Crippen LogP contribution in [-0.2, 0) is 0 Å². The first-order chi connectivity index (χ1) is 27.8. The van der Waals surface area contributed by atoms with Gasteiger partial charge in [-0.25, -0.2) is 15.0 Å². The molecule has 0 radical (unpaired) electrons. The molecule has 5 nitrogen and oxygen atoms in total. The van der Waals surface area contributed by atoms with Crippen LogP contribution in [0.2, 0.25) is 0 Å². The Morgan fingerprint density at radius 3 is 1.61 bits per heavy atom. The van der Waals surface area contributed by atoms with Crippen LogP contribution in [0.3, 0.4) is 0 Å². The van der Waals surface area contributed by atoms with Gasteiger partial charge >= 0.3 is 0 Å². The lowest BCUT2D eigenvalue weighted by Crippen LogP contribution is -2.04. The molecule has 11 rings (SSSR count). The molecule has 262 valence electrons. The van der Waals surface area contributed by atoms with E-state index in [1.165, 1.54) is 10.8 Å². The highest BCUT2D eigenvalue weighted by molar-refractivity contribution is 6.13. The summed E-state index contributed by atoms with van der Waals surface area (Å²) >= 11 is 0. The molecule has 5 heteroatoms. The van der Waals surface area contributed by atoms with Crippen LogP contribution >= 0.6 is 0 Å². The Labute approximate surface area is 322 Å². The van der Waals surface area contributed by atoms with Gasteiger partial charge in [0.1, 0.15) is 11.2 Å². The Morgan fingerprint density at radius 1 is 0.339 bits per heavy atom. The molecule has 11 aromatic rings. The highest BCUT2D eigenvalue weighted by Crippen LogP contribution is 2.40. The van der Waals surface area contributed by atoms with Gasteiger partial charge in [0, 0.05) is 38.2 Å². The molecule has 56 heavy (non-hydrogen) atoms. The number of benzene rings is 8. The minimum atomic E-state index is 0.569. The molecule has 0 aliphatic rings. The van der Waals surface area contributed by atoms with Gasteiger partial charge < -0.3 is 8.98 Å². The molecule has 0 aliphatic heterocycles. The zero-order valence-corrected chi connectivity index (χ0v) is 30.2. The first-order valence-electron chi connectivity index (χ1n) is 18.8. The molecular weight excluding hydrogens is 685 g/mol. The monoisotopic (exact) mass is 716 g/mol. The van der Waals surface area contributed by atoms with Crippen LogP contribution in [0, 0.1) is 0 Å². The lowest BCUT2D eigenvalue weighted by molar-refractivity contribution is 0.669. The Balaban J connectivity index is 1.15. The highest BCUT2D eigenvalue weighted by atomic mass is 16.3. The minimum Gasteiger partial charge on any atom is -0.456 e. The minimum absolute atomic E-state index is 0.569. The van der Waals surface area contributed by atoms with Gasteiger partial charge in [-0.3, -0.25) is 0 Å². The van der Waals surface area contributed by atoms with Gasteiger partial charge in [0.25, 0.3) is 0 Å². The van der Waals surface area contributed by atoms with Crippen LogP contribution in [0.5, 0.6) is 0 Å². The van der Waals surface area contributed by atoms with Crippen molar-refractivity contribution < 1.29 is 4.42 Å². The van der Waals surface area contributed by atoms with Crippen molar-refractivity contribution in [3.63, 3.8) is 0 Å². The number of hydrogen-bond donors (Lipinski definition) is 0.